The molecule has 1 aromatic rings. The van der Waals surface area contributed by atoms with E-state index in [0.29, 0.717) is 38.5 Å². The van der Waals surface area contributed by atoms with Crippen LogP contribution in [0.5, 0.6) is 5.75 Å². The van der Waals surface area contributed by atoms with E-state index < -0.39 is 5.97 Å². The summed E-state index contributed by atoms with van der Waals surface area (Å²) in [5, 5.41) is 9.00. The highest BCUT2D eigenvalue weighted by Gasteiger charge is 2.11. The third-order valence-corrected chi connectivity index (χ3v) is 2.36. The molecule has 0 bridgehead atoms. The molecule has 0 aliphatic heterocycles. The number of hydrogen-bond acceptors (Lipinski definition) is 5. The normalized spacial score (nSPS) is 10.4. The van der Waals surface area contributed by atoms with Crippen molar-refractivity contribution in [2.45, 2.75) is 6.42 Å². The number of anilines is 1. The number of methoxy groups -OCH3 is 1. The van der Waals surface area contributed by atoms with E-state index in [-0.39, 0.29) is 11.3 Å². The number of rotatable bonds is 9. The van der Waals surface area contributed by atoms with Gasteiger partial charge in [-0.2, -0.15) is 0 Å². The third-order valence-electron chi connectivity index (χ3n) is 2.36. The number of hydrogen-bond donors (Lipinski definition) is 2. The molecule has 1 aromatic carbocycles. The second-order valence-corrected chi connectivity index (χ2v) is 3.87. The summed E-state index contributed by atoms with van der Waals surface area (Å²) in [6, 6.07) is 4.47. The molecule has 0 aliphatic carbocycles. The quantitative estimate of drug-likeness (QED) is 0.520. The van der Waals surface area contributed by atoms with E-state index in [9.17, 15) is 4.79 Å². The minimum absolute atomic E-state index is 0.106. The Labute approximate surface area is 112 Å². The second kappa shape index (κ2) is 8.34. The molecular weight excluding hydrogens is 250 g/mol. The maximum atomic E-state index is 11.0. The standard InChI is InChI=1S/C13H19NO5/c1-17-7-8-18-5-2-6-19-12-9-10(14)3-4-11(12)13(15)16/h3-4,9H,2,5-8,14H2,1H3,(H,15,16). The van der Waals surface area contributed by atoms with Gasteiger partial charge in [0.2, 0.25) is 0 Å². The Hall–Kier alpha value is -1.79. The summed E-state index contributed by atoms with van der Waals surface area (Å²) in [5.41, 5.74) is 6.18. The lowest BCUT2D eigenvalue weighted by atomic mass is 10.2. The maximum absolute atomic E-state index is 11.0. The smallest absolute Gasteiger partial charge is 0.339 e. The minimum atomic E-state index is -1.04. The largest absolute Gasteiger partial charge is 0.493 e. The predicted molar refractivity (Wildman–Crippen MR) is 70.6 cm³/mol. The molecule has 0 amide bonds. The van der Waals surface area contributed by atoms with E-state index >= 15 is 0 Å². The number of nitrogen functional groups attached to an aromatic ring is 1. The summed E-state index contributed by atoms with van der Waals surface area (Å²) in [6.45, 7) is 2.00. The van der Waals surface area contributed by atoms with Crippen molar-refractivity contribution in [2.75, 3.05) is 39.3 Å². The van der Waals surface area contributed by atoms with Crippen molar-refractivity contribution in [2.24, 2.45) is 0 Å². The van der Waals surface area contributed by atoms with Crippen LogP contribution < -0.4 is 10.5 Å². The molecule has 0 saturated carbocycles. The van der Waals surface area contributed by atoms with E-state index in [0.717, 1.165) is 0 Å². The van der Waals surface area contributed by atoms with E-state index in [1.54, 1.807) is 7.11 Å². The molecule has 3 N–H and O–H groups in total. The van der Waals surface area contributed by atoms with Crippen molar-refractivity contribution in [3.05, 3.63) is 23.8 Å². The summed E-state index contributed by atoms with van der Waals surface area (Å²) >= 11 is 0. The predicted octanol–water partition coefficient (Wildman–Crippen LogP) is 1.40. The van der Waals surface area contributed by atoms with Crippen LogP contribution in [0.4, 0.5) is 5.69 Å². The number of nitrogens with two attached hydrogens (primary N) is 1. The molecule has 6 heteroatoms. The lowest BCUT2D eigenvalue weighted by molar-refractivity contribution is 0.0637. The average molecular weight is 269 g/mol. The van der Waals surface area contributed by atoms with Crippen LogP contribution in [-0.4, -0.2) is 44.6 Å². The summed E-state index contributed by atoms with van der Waals surface area (Å²) in [4.78, 5) is 11.0. The topological polar surface area (TPSA) is 91.0 Å². The molecule has 0 aromatic heterocycles. The summed E-state index contributed by atoms with van der Waals surface area (Å²) in [5.74, 6) is -0.754. The molecule has 1 rings (SSSR count). The Morgan fingerprint density at radius 2 is 2.05 bits per heavy atom. The van der Waals surface area contributed by atoms with Crippen molar-refractivity contribution in [3.63, 3.8) is 0 Å². The van der Waals surface area contributed by atoms with Gasteiger partial charge in [0.15, 0.2) is 0 Å². The maximum Gasteiger partial charge on any atom is 0.339 e. The number of carbonyl (C=O) groups is 1. The first-order valence-electron chi connectivity index (χ1n) is 5.97. The highest BCUT2D eigenvalue weighted by Crippen LogP contribution is 2.22. The van der Waals surface area contributed by atoms with Crippen LogP contribution in [-0.2, 0) is 9.47 Å². The molecular formula is C13H19NO5. The van der Waals surface area contributed by atoms with Gasteiger partial charge in [0.05, 0.1) is 19.8 Å². The van der Waals surface area contributed by atoms with Crippen LogP contribution in [0.25, 0.3) is 0 Å². The van der Waals surface area contributed by atoms with Gasteiger partial charge >= 0.3 is 5.97 Å². The molecule has 106 valence electrons. The fraction of sp³-hybridized carbons (Fsp3) is 0.462. The van der Waals surface area contributed by atoms with Crippen molar-refractivity contribution >= 4 is 11.7 Å². The van der Waals surface area contributed by atoms with Crippen LogP contribution >= 0.6 is 0 Å². The first-order valence-corrected chi connectivity index (χ1v) is 5.97. The highest BCUT2D eigenvalue weighted by molar-refractivity contribution is 5.91. The van der Waals surface area contributed by atoms with Crippen molar-refractivity contribution in [1.82, 2.24) is 0 Å². The molecule has 0 unspecified atom stereocenters. The number of carboxylic acid groups (broad SMARTS) is 1. The molecule has 0 aliphatic rings. The minimum Gasteiger partial charge on any atom is -0.493 e. The molecule has 19 heavy (non-hydrogen) atoms. The van der Waals surface area contributed by atoms with Gasteiger partial charge in [0.25, 0.3) is 0 Å². The van der Waals surface area contributed by atoms with E-state index in [4.69, 9.17) is 25.1 Å². The van der Waals surface area contributed by atoms with E-state index in [1.807, 2.05) is 0 Å². The number of aromatic carboxylic acids is 1. The van der Waals surface area contributed by atoms with Gasteiger partial charge in [-0.15, -0.1) is 0 Å². The molecule has 0 radical (unpaired) electrons. The molecule has 0 atom stereocenters. The van der Waals surface area contributed by atoms with Crippen LogP contribution in [0, 0.1) is 0 Å². The van der Waals surface area contributed by atoms with Gasteiger partial charge in [0, 0.05) is 31.9 Å². The second-order valence-electron chi connectivity index (χ2n) is 3.87. The molecule has 0 fully saturated rings. The first-order chi connectivity index (χ1) is 9.15. The van der Waals surface area contributed by atoms with Gasteiger partial charge in [-0.05, 0) is 12.1 Å². The molecule has 0 saturated heterocycles. The Bertz CT molecular complexity index is 408. The molecule has 0 spiro atoms. The fourth-order valence-electron chi connectivity index (χ4n) is 1.42. The third kappa shape index (κ3) is 5.58. The molecule has 0 heterocycles. The summed E-state index contributed by atoms with van der Waals surface area (Å²) < 4.78 is 15.5. The fourth-order valence-corrected chi connectivity index (χ4v) is 1.42. The summed E-state index contributed by atoms with van der Waals surface area (Å²) in [7, 11) is 1.61. The number of benzene rings is 1. The monoisotopic (exact) mass is 269 g/mol. The first kappa shape index (κ1) is 15.3. The Morgan fingerprint density at radius 1 is 1.26 bits per heavy atom. The van der Waals surface area contributed by atoms with Crippen LogP contribution in [0.2, 0.25) is 0 Å². The van der Waals surface area contributed by atoms with Crippen LogP contribution in [0.15, 0.2) is 18.2 Å². The lowest BCUT2D eigenvalue weighted by Crippen LogP contribution is -2.09. The van der Waals surface area contributed by atoms with Gasteiger partial charge in [0.1, 0.15) is 11.3 Å². The zero-order chi connectivity index (χ0) is 14.1. The van der Waals surface area contributed by atoms with Crippen molar-refractivity contribution in [3.8, 4) is 5.75 Å². The zero-order valence-corrected chi connectivity index (χ0v) is 10.9. The van der Waals surface area contributed by atoms with Gasteiger partial charge in [-0.1, -0.05) is 0 Å². The van der Waals surface area contributed by atoms with Crippen molar-refractivity contribution in [1.29, 1.82) is 0 Å². The SMILES string of the molecule is COCCOCCCOc1cc(N)ccc1C(=O)O. The molecule has 6 nitrogen and oxygen atoms in total. The van der Waals surface area contributed by atoms with Gasteiger partial charge in [-0.25, -0.2) is 4.79 Å². The van der Waals surface area contributed by atoms with Crippen LogP contribution in [0.1, 0.15) is 16.8 Å². The van der Waals surface area contributed by atoms with Crippen LogP contribution in [0.3, 0.4) is 0 Å². The Kier molecular flexibility index (Phi) is 6.70. The van der Waals surface area contributed by atoms with Gasteiger partial charge in [-0.3, -0.25) is 0 Å². The highest BCUT2D eigenvalue weighted by atomic mass is 16.5. The zero-order valence-electron chi connectivity index (χ0n) is 10.9. The van der Waals surface area contributed by atoms with E-state index in [2.05, 4.69) is 0 Å². The number of ether oxygens (including phenoxy) is 3. The Balaban J connectivity index is 2.36. The Morgan fingerprint density at radius 3 is 2.74 bits per heavy atom. The van der Waals surface area contributed by atoms with Gasteiger partial charge < -0.3 is 25.1 Å². The van der Waals surface area contributed by atoms with E-state index in [1.165, 1.54) is 18.2 Å². The number of carboxylic acids is 1. The lowest BCUT2D eigenvalue weighted by Gasteiger charge is -2.10. The van der Waals surface area contributed by atoms with Crippen molar-refractivity contribution < 1.29 is 24.1 Å². The summed E-state index contributed by atoms with van der Waals surface area (Å²) in [6.07, 6.45) is 0.664. The average Bonchev–Trinajstić information content (AvgIpc) is 2.37.